The highest BCUT2D eigenvalue weighted by molar-refractivity contribution is 4.71. The Bertz CT molecular complexity index is 180. The smallest absolute Gasteiger partial charge is 0.00670 e. The largest absolute Gasteiger partial charge is 0.301 e. The summed E-state index contributed by atoms with van der Waals surface area (Å²) in [7, 11) is 0. The van der Waals surface area contributed by atoms with Gasteiger partial charge in [-0.25, -0.2) is 0 Å². The maximum atomic E-state index is 2.73. The zero-order chi connectivity index (χ0) is 12.7. The predicted molar refractivity (Wildman–Crippen MR) is 77.4 cm³/mol. The molecule has 1 nitrogen and oxygen atoms in total. The number of hydrogen-bond donors (Lipinski definition) is 0. The lowest BCUT2D eigenvalue weighted by molar-refractivity contribution is 0.196. The topological polar surface area (TPSA) is 3.24 Å². The first-order valence-corrected chi connectivity index (χ1v) is 7.83. The van der Waals surface area contributed by atoms with Crippen molar-refractivity contribution in [2.75, 3.05) is 13.1 Å². The number of rotatable bonds is 6. The number of likely N-dealkylation sites (tertiary alicyclic amines) is 1. The third-order valence-corrected chi connectivity index (χ3v) is 4.22. The third kappa shape index (κ3) is 6.45. The molecule has 0 N–H and O–H groups in total. The van der Waals surface area contributed by atoms with Crippen LogP contribution in [0.15, 0.2) is 0 Å². The standard InChI is InChI=1S/C16H33N/c1-14(2)13-15(3)9-10-16(4)17-11-7-5-6-8-12-17/h14-16H,5-13H2,1-4H3. The van der Waals surface area contributed by atoms with Gasteiger partial charge in [0.1, 0.15) is 0 Å². The van der Waals surface area contributed by atoms with Gasteiger partial charge in [0.15, 0.2) is 0 Å². The second kappa shape index (κ2) is 8.13. The van der Waals surface area contributed by atoms with Gasteiger partial charge in [-0.1, -0.05) is 33.6 Å². The predicted octanol–water partition coefficient (Wildman–Crippen LogP) is 4.71. The van der Waals surface area contributed by atoms with E-state index in [1.165, 1.54) is 58.0 Å². The molecule has 1 heterocycles. The van der Waals surface area contributed by atoms with Gasteiger partial charge in [-0.2, -0.15) is 0 Å². The van der Waals surface area contributed by atoms with E-state index >= 15 is 0 Å². The Hall–Kier alpha value is -0.0400. The van der Waals surface area contributed by atoms with Crippen LogP contribution >= 0.6 is 0 Å². The molecule has 0 aromatic carbocycles. The molecule has 1 aliphatic heterocycles. The fourth-order valence-electron chi connectivity index (χ4n) is 3.17. The number of nitrogens with zero attached hydrogens (tertiary/aromatic N) is 1. The fourth-order valence-corrected chi connectivity index (χ4v) is 3.17. The minimum Gasteiger partial charge on any atom is -0.301 e. The molecule has 2 unspecified atom stereocenters. The molecule has 0 aromatic rings. The molecule has 102 valence electrons. The summed E-state index contributed by atoms with van der Waals surface area (Å²) < 4.78 is 0. The summed E-state index contributed by atoms with van der Waals surface area (Å²) in [5.41, 5.74) is 0. The minimum atomic E-state index is 0.808. The van der Waals surface area contributed by atoms with Crippen molar-refractivity contribution < 1.29 is 0 Å². The van der Waals surface area contributed by atoms with Gasteiger partial charge in [0.2, 0.25) is 0 Å². The van der Waals surface area contributed by atoms with Crippen molar-refractivity contribution in [1.29, 1.82) is 0 Å². The van der Waals surface area contributed by atoms with Crippen LogP contribution in [-0.2, 0) is 0 Å². The monoisotopic (exact) mass is 239 g/mol. The SMILES string of the molecule is CC(C)CC(C)CCC(C)N1CCCCCC1. The Morgan fingerprint density at radius 2 is 1.41 bits per heavy atom. The van der Waals surface area contributed by atoms with Crippen LogP contribution in [0.1, 0.15) is 72.6 Å². The lowest BCUT2D eigenvalue weighted by atomic mass is 9.93. The molecule has 2 atom stereocenters. The van der Waals surface area contributed by atoms with Crippen molar-refractivity contribution in [3.05, 3.63) is 0 Å². The summed E-state index contributed by atoms with van der Waals surface area (Å²) in [6.07, 6.45) is 9.95. The van der Waals surface area contributed by atoms with E-state index in [9.17, 15) is 0 Å². The average molecular weight is 239 g/mol. The first kappa shape index (κ1) is 15.0. The van der Waals surface area contributed by atoms with Gasteiger partial charge in [-0.05, 0) is 64.0 Å². The van der Waals surface area contributed by atoms with E-state index in [-0.39, 0.29) is 0 Å². The fraction of sp³-hybridized carbons (Fsp3) is 1.00. The maximum absolute atomic E-state index is 2.73. The Morgan fingerprint density at radius 1 is 0.824 bits per heavy atom. The second-order valence-electron chi connectivity index (χ2n) is 6.61. The molecule has 0 amide bonds. The Kier molecular flexibility index (Phi) is 7.18. The van der Waals surface area contributed by atoms with Crippen LogP contribution in [0.3, 0.4) is 0 Å². The van der Waals surface area contributed by atoms with E-state index in [1.807, 2.05) is 0 Å². The lowest BCUT2D eigenvalue weighted by Gasteiger charge is -2.28. The molecular formula is C16H33N. The van der Waals surface area contributed by atoms with Gasteiger partial charge >= 0.3 is 0 Å². The molecular weight excluding hydrogens is 206 g/mol. The normalized spacial score (nSPS) is 22.4. The van der Waals surface area contributed by atoms with Gasteiger partial charge in [-0.15, -0.1) is 0 Å². The van der Waals surface area contributed by atoms with Crippen molar-refractivity contribution in [1.82, 2.24) is 4.90 Å². The quantitative estimate of drug-likeness (QED) is 0.648. The average Bonchev–Trinajstić information content (AvgIpc) is 2.53. The third-order valence-electron chi connectivity index (χ3n) is 4.22. The van der Waals surface area contributed by atoms with Crippen LogP contribution in [-0.4, -0.2) is 24.0 Å². The lowest BCUT2D eigenvalue weighted by Crippen LogP contribution is -2.34. The minimum absolute atomic E-state index is 0.808. The van der Waals surface area contributed by atoms with Crippen molar-refractivity contribution in [3.63, 3.8) is 0 Å². The van der Waals surface area contributed by atoms with Crippen molar-refractivity contribution in [2.45, 2.75) is 78.7 Å². The van der Waals surface area contributed by atoms with Gasteiger partial charge in [0.05, 0.1) is 0 Å². The zero-order valence-electron chi connectivity index (χ0n) is 12.5. The maximum Gasteiger partial charge on any atom is 0.00670 e. The van der Waals surface area contributed by atoms with Crippen molar-refractivity contribution >= 4 is 0 Å². The van der Waals surface area contributed by atoms with Crippen molar-refractivity contribution in [3.8, 4) is 0 Å². The number of hydrogen-bond acceptors (Lipinski definition) is 1. The highest BCUT2D eigenvalue weighted by Gasteiger charge is 2.16. The summed E-state index contributed by atoms with van der Waals surface area (Å²) in [5, 5.41) is 0. The summed E-state index contributed by atoms with van der Waals surface area (Å²) in [4.78, 5) is 2.73. The summed E-state index contributed by atoms with van der Waals surface area (Å²) >= 11 is 0. The Morgan fingerprint density at radius 3 is 1.94 bits per heavy atom. The van der Waals surface area contributed by atoms with E-state index < -0.39 is 0 Å². The molecule has 0 radical (unpaired) electrons. The van der Waals surface area contributed by atoms with Crippen LogP contribution in [0.5, 0.6) is 0 Å². The molecule has 1 fully saturated rings. The summed E-state index contributed by atoms with van der Waals surface area (Å²) in [6.45, 7) is 12.2. The van der Waals surface area contributed by atoms with Gasteiger partial charge < -0.3 is 4.90 Å². The van der Waals surface area contributed by atoms with E-state index in [0.29, 0.717) is 0 Å². The van der Waals surface area contributed by atoms with E-state index in [2.05, 4.69) is 32.6 Å². The van der Waals surface area contributed by atoms with Crippen LogP contribution in [0, 0.1) is 11.8 Å². The van der Waals surface area contributed by atoms with E-state index in [0.717, 1.165) is 17.9 Å². The molecule has 1 rings (SSSR count). The summed E-state index contributed by atoms with van der Waals surface area (Å²) in [5.74, 6) is 1.77. The van der Waals surface area contributed by atoms with E-state index in [4.69, 9.17) is 0 Å². The molecule has 1 heteroatoms. The molecule has 1 saturated heterocycles. The molecule has 17 heavy (non-hydrogen) atoms. The van der Waals surface area contributed by atoms with Crippen molar-refractivity contribution in [2.24, 2.45) is 11.8 Å². The van der Waals surface area contributed by atoms with Gasteiger partial charge in [-0.3, -0.25) is 0 Å². The van der Waals surface area contributed by atoms with Crippen LogP contribution in [0.2, 0.25) is 0 Å². The van der Waals surface area contributed by atoms with Crippen LogP contribution in [0.25, 0.3) is 0 Å². The van der Waals surface area contributed by atoms with Crippen LogP contribution < -0.4 is 0 Å². The molecule has 0 aliphatic carbocycles. The Balaban J connectivity index is 2.20. The molecule has 0 spiro atoms. The van der Waals surface area contributed by atoms with E-state index in [1.54, 1.807) is 0 Å². The summed E-state index contributed by atoms with van der Waals surface area (Å²) in [6, 6.07) is 0.808. The molecule has 0 bridgehead atoms. The second-order valence-corrected chi connectivity index (χ2v) is 6.61. The van der Waals surface area contributed by atoms with Gasteiger partial charge in [0, 0.05) is 6.04 Å². The first-order valence-electron chi connectivity index (χ1n) is 7.83. The molecule has 1 aliphatic rings. The zero-order valence-corrected chi connectivity index (χ0v) is 12.5. The Labute approximate surface area is 109 Å². The first-order chi connectivity index (χ1) is 8.09. The van der Waals surface area contributed by atoms with Gasteiger partial charge in [0.25, 0.3) is 0 Å². The molecule has 0 aromatic heterocycles. The molecule has 0 saturated carbocycles. The van der Waals surface area contributed by atoms with Crippen LogP contribution in [0.4, 0.5) is 0 Å². The highest BCUT2D eigenvalue weighted by Crippen LogP contribution is 2.20. The highest BCUT2D eigenvalue weighted by atomic mass is 15.1.